The number of rotatable bonds is 13. The van der Waals surface area contributed by atoms with Crippen molar-refractivity contribution in [2.75, 3.05) is 24.6 Å². The van der Waals surface area contributed by atoms with E-state index in [1.165, 1.54) is 0 Å². The molecule has 0 heterocycles. The predicted molar refractivity (Wildman–Crippen MR) is 110 cm³/mol. The van der Waals surface area contributed by atoms with E-state index in [0.717, 1.165) is 0 Å². The lowest BCUT2D eigenvalue weighted by Gasteiger charge is -2.23. The third kappa shape index (κ3) is 10.8. The molecule has 0 aromatic heterocycles. The molecule has 0 saturated heterocycles. The number of hydrogen-bond acceptors (Lipinski definition) is 8. The molecule has 0 fully saturated rings. The molecule has 0 bridgehead atoms. The minimum Gasteiger partial charge on any atom is -0.480 e. The van der Waals surface area contributed by atoms with Crippen molar-refractivity contribution in [3.8, 4) is 0 Å². The summed E-state index contributed by atoms with van der Waals surface area (Å²) in [4.78, 5) is 50.8. The van der Waals surface area contributed by atoms with Crippen LogP contribution in [-0.4, -0.2) is 77.5 Å². The number of guanidine groups is 1. The normalized spacial score (nSPS) is 13.5. The first-order valence-electron chi connectivity index (χ1n) is 8.25. The summed E-state index contributed by atoms with van der Waals surface area (Å²) in [6.45, 7) is -0.371. The zero-order chi connectivity index (χ0) is 21.7. The van der Waals surface area contributed by atoms with Gasteiger partial charge in [0.05, 0.1) is 6.04 Å². The summed E-state index contributed by atoms with van der Waals surface area (Å²) in [6.07, 6.45) is 0.535. The van der Waals surface area contributed by atoms with E-state index in [0.29, 0.717) is 6.42 Å². The van der Waals surface area contributed by atoms with Crippen molar-refractivity contribution in [1.29, 1.82) is 0 Å². The fourth-order valence-electron chi connectivity index (χ4n) is 1.89. The Balaban J connectivity index is 5.02. The van der Waals surface area contributed by atoms with E-state index in [9.17, 15) is 19.2 Å². The number of carbonyl (C=O) groups is 4. The molecule has 10 N–H and O–H groups in total. The van der Waals surface area contributed by atoms with Crippen LogP contribution in [0.3, 0.4) is 0 Å². The fourth-order valence-corrected chi connectivity index (χ4v) is 2.31. The number of aliphatic carboxylic acids is 1. The summed E-state index contributed by atoms with van der Waals surface area (Å²) >= 11 is 7.91. The summed E-state index contributed by atoms with van der Waals surface area (Å²) in [7, 11) is 0. The molecule has 0 radical (unpaired) electrons. The number of carboxylic acids is 1. The van der Waals surface area contributed by atoms with Gasteiger partial charge in [-0.3, -0.25) is 24.2 Å². The molecule has 160 valence electrons. The van der Waals surface area contributed by atoms with Crippen molar-refractivity contribution in [2.45, 2.75) is 31.0 Å². The molecule has 0 aliphatic heterocycles. The first kappa shape index (κ1) is 25.8. The number of hydrogen-bond donors (Lipinski definition) is 9. The molecule has 3 unspecified atom stereocenters. The lowest BCUT2D eigenvalue weighted by atomic mass is 10.1. The van der Waals surface area contributed by atoms with Crippen LogP contribution >= 0.6 is 25.3 Å². The Morgan fingerprint density at radius 1 is 0.964 bits per heavy atom. The lowest BCUT2D eigenvalue weighted by molar-refractivity contribution is -0.138. The second kappa shape index (κ2) is 13.9. The Labute approximate surface area is 173 Å². The minimum atomic E-state index is -1.23. The maximum Gasteiger partial charge on any atom is 0.322 e. The topological polar surface area (TPSA) is 215 Å². The first-order chi connectivity index (χ1) is 13.1. The SMILES string of the molecule is NC(N)=NCCCC(NC(=O)C(N)CS)C(=O)NC(CS)C(=O)NCC(=O)O. The molecule has 14 heteroatoms. The molecule has 3 atom stereocenters. The van der Waals surface area contributed by atoms with Crippen LogP contribution < -0.4 is 33.2 Å². The maximum absolute atomic E-state index is 12.5. The third-order valence-electron chi connectivity index (χ3n) is 3.34. The highest BCUT2D eigenvalue weighted by atomic mass is 32.1. The van der Waals surface area contributed by atoms with Gasteiger partial charge >= 0.3 is 5.97 Å². The van der Waals surface area contributed by atoms with E-state index < -0.39 is 48.4 Å². The number of carbonyl (C=O) groups excluding carboxylic acids is 3. The summed E-state index contributed by atoms with van der Waals surface area (Å²) in [5.41, 5.74) is 16.1. The van der Waals surface area contributed by atoms with E-state index in [2.05, 4.69) is 46.2 Å². The largest absolute Gasteiger partial charge is 0.480 e. The van der Waals surface area contributed by atoms with Crippen molar-refractivity contribution >= 4 is 54.9 Å². The summed E-state index contributed by atoms with van der Waals surface area (Å²) in [5.74, 6) is -3.31. The zero-order valence-electron chi connectivity index (χ0n) is 15.1. The number of nitrogens with zero attached hydrogens (tertiary/aromatic N) is 1. The monoisotopic (exact) mass is 437 g/mol. The van der Waals surface area contributed by atoms with E-state index in [4.69, 9.17) is 22.3 Å². The third-order valence-corrected chi connectivity index (χ3v) is 4.10. The van der Waals surface area contributed by atoms with Gasteiger partial charge in [-0.05, 0) is 12.8 Å². The van der Waals surface area contributed by atoms with Crippen molar-refractivity contribution < 1.29 is 24.3 Å². The van der Waals surface area contributed by atoms with Crippen LogP contribution in [0.2, 0.25) is 0 Å². The van der Waals surface area contributed by atoms with Crippen LogP contribution in [0.25, 0.3) is 0 Å². The van der Waals surface area contributed by atoms with Crippen molar-refractivity contribution in [1.82, 2.24) is 16.0 Å². The molecule has 28 heavy (non-hydrogen) atoms. The highest BCUT2D eigenvalue weighted by Gasteiger charge is 2.27. The summed E-state index contributed by atoms with van der Waals surface area (Å²) in [5, 5.41) is 15.7. The average Bonchev–Trinajstić information content (AvgIpc) is 2.64. The number of aliphatic imine (C=N–C) groups is 1. The van der Waals surface area contributed by atoms with Gasteiger partial charge in [0, 0.05) is 18.1 Å². The molecule has 3 amide bonds. The molecule has 0 saturated carbocycles. The number of amides is 3. The van der Waals surface area contributed by atoms with Crippen LogP contribution in [0, 0.1) is 0 Å². The smallest absolute Gasteiger partial charge is 0.322 e. The molecular formula is C14H27N7O5S2. The van der Waals surface area contributed by atoms with Gasteiger partial charge < -0.3 is 38.3 Å². The van der Waals surface area contributed by atoms with Gasteiger partial charge in [-0.1, -0.05) is 0 Å². The standard InChI is InChI=1S/C14H27N7O5S2/c15-7(5-27)11(24)20-8(2-1-3-18-14(16)17)13(26)21-9(6-28)12(25)19-4-10(22)23/h7-9,27-28H,1-6,15H2,(H,19,25)(H,20,24)(H,21,26)(H,22,23)(H4,16,17,18). The molecule has 0 aromatic carbocycles. The number of carboxylic acid groups (broad SMARTS) is 1. The summed E-state index contributed by atoms with van der Waals surface area (Å²) < 4.78 is 0. The Bertz CT molecular complexity index is 586. The predicted octanol–water partition coefficient (Wildman–Crippen LogP) is -3.60. The van der Waals surface area contributed by atoms with Gasteiger partial charge in [0.25, 0.3) is 0 Å². The van der Waals surface area contributed by atoms with Crippen LogP contribution in [0.1, 0.15) is 12.8 Å². The quantitative estimate of drug-likeness (QED) is 0.0605. The van der Waals surface area contributed by atoms with Gasteiger partial charge in [-0.25, -0.2) is 0 Å². The van der Waals surface area contributed by atoms with E-state index in [1.54, 1.807) is 0 Å². The fraction of sp³-hybridized carbons (Fsp3) is 0.643. The Kier molecular flexibility index (Phi) is 12.8. The molecule has 0 spiro atoms. The molecule has 0 aromatic rings. The number of nitrogens with one attached hydrogen (secondary N) is 3. The second-order valence-corrected chi connectivity index (χ2v) is 6.38. The van der Waals surface area contributed by atoms with Gasteiger partial charge in [-0.15, -0.1) is 0 Å². The van der Waals surface area contributed by atoms with Gasteiger partial charge in [0.2, 0.25) is 17.7 Å². The van der Waals surface area contributed by atoms with E-state index in [1.807, 2.05) is 0 Å². The van der Waals surface area contributed by atoms with Gasteiger partial charge in [0.1, 0.15) is 18.6 Å². The number of thiol groups is 2. The lowest BCUT2D eigenvalue weighted by Crippen LogP contribution is -2.56. The van der Waals surface area contributed by atoms with Crippen LogP contribution in [0.4, 0.5) is 0 Å². The van der Waals surface area contributed by atoms with Crippen molar-refractivity contribution in [3.63, 3.8) is 0 Å². The van der Waals surface area contributed by atoms with E-state index >= 15 is 0 Å². The Morgan fingerprint density at radius 3 is 2.07 bits per heavy atom. The van der Waals surface area contributed by atoms with Crippen LogP contribution in [0.15, 0.2) is 4.99 Å². The maximum atomic E-state index is 12.5. The second-order valence-electron chi connectivity index (χ2n) is 5.65. The van der Waals surface area contributed by atoms with E-state index in [-0.39, 0.29) is 30.4 Å². The van der Waals surface area contributed by atoms with Crippen LogP contribution in [0.5, 0.6) is 0 Å². The number of nitrogens with two attached hydrogens (primary N) is 3. The molecule has 0 aliphatic rings. The minimum absolute atomic E-state index is 0.0744. The highest BCUT2D eigenvalue weighted by Crippen LogP contribution is 2.02. The molecule has 0 aliphatic carbocycles. The summed E-state index contributed by atoms with van der Waals surface area (Å²) in [6, 6.07) is -3.02. The Hall–Kier alpha value is -2.19. The zero-order valence-corrected chi connectivity index (χ0v) is 16.9. The molecule has 12 nitrogen and oxygen atoms in total. The molecular weight excluding hydrogens is 410 g/mol. The highest BCUT2D eigenvalue weighted by molar-refractivity contribution is 7.80. The Morgan fingerprint density at radius 2 is 1.57 bits per heavy atom. The molecule has 0 rings (SSSR count). The van der Waals surface area contributed by atoms with Gasteiger partial charge in [0.15, 0.2) is 5.96 Å². The van der Waals surface area contributed by atoms with Gasteiger partial charge in [-0.2, -0.15) is 25.3 Å². The average molecular weight is 438 g/mol. The van der Waals surface area contributed by atoms with Crippen molar-refractivity contribution in [2.24, 2.45) is 22.2 Å². The van der Waals surface area contributed by atoms with Crippen LogP contribution in [-0.2, 0) is 19.2 Å². The van der Waals surface area contributed by atoms with Crippen molar-refractivity contribution in [3.05, 3.63) is 0 Å². The first-order valence-corrected chi connectivity index (χ1v) is 9.51.